The molecule has 6 rings (SSSR count). The number of carbonyl (C=O) groups excluding carboxylic acids is 1. The summed E-state index contributed by atoms with van der Waals surface area (Å²) < 4.78 is 34.0. The van der Waals surface area contributed by atoms with Crippen molar-refractivity contribution >= 4 is 12.1 Å². The molecule has 33 heavy (non-hydrogen) atoms. The molecule has 0 bridgehead atoms. The fourth-order valence-electron chi connectivity index (χ4n) is 6.00. The monoisotopic (exact) mass is 459 g/mol. The average Bonchev–Trinajstić information content (AvgIpc) is 3.49. The van der Waals surface area contributed by atoms with Gasteiger partial charge < -0.3 is 28.3 Å². The highest BCUT2D eigenvalue weighted by atomic mass is 16.9. The first-order valence-corrected chi connectivity index (χ1v) is 12.4. The Bertz CT molecular complexity index is 904. The van der Waals surface area contributed by atoms with Gasteiger partial charge in [-0.2, -0.15) is 5.10 Å². The van der Waals surface area contributed by atoms with E-state index >= 15 is 0 Å². The van der Waals surface area contributed by atoms with Crippen molar-refractivity contribution in [2.75, 3.05) is 0 Å². The molecule has 1 N–H and O–H groups in total. The SMILES string of the molecule is Cn1cccc1/C=N/NC(=O)[C@@H]1O[C@@H]2OC3(CCCCC3)O[C@@H]2[C@H]2OC3(CCCCC3)O[C@H]21. The second-order valence-corrected chi connectivity index (χ2v) is 10.0. The number of rotatable bonds is 3. The molecule has 3 aliphatic heterocycles. The maximum atomic E-state index is 13.2. The Kier molecular flexibility index (Phi) is 5.57. The summed E-state index contributed by atoms with van der Waals surface area (Å²) in [6, 6.07) is 3.84. The number of nitrogens with zero attached hydrogens (tertiary/aromatic N) is 2. The van der Waals surface area contributed by atoms with Crippen molar-refractivity contribution in [3.63, 3.8) is 0 Å². The van der Waals surface area contributed by atoms with Crippen LogP contribution in [0.25, 0.3) is 0 Å². The van der Waals surface area contributed by atoms with Gasteiger partial charge in [0.05, 0.1) is 11.9 Å². The summed E-state index contributed by atoms with van der Waals surface area (Å²) in [5.74, 6) is -1.67. The van der Waals surface area contributed by atoms with Crippen molar-refractivity contribution in [1.82, 2.24) is 9.99 Å². The zero-order valence-corrected chi connectivity index (χ0v) is 19.1. The third-order valence-electron chi connectivity index (χ3n) is 7.72. The second-order valence-electron chi connectivity index (χ2n) is 10.0. The van der Waals surface area contributed by atoms with Gasteiger partial charge in [-0.25, -0.2) is 5.43 Å². The molecule has 0 unspecified atom stereocenters. The van der Waals surface area contributed by atoms with E-state index in [1.54, 1.807) is 6.21 Å². The molecule has 5 aliphatic rings. The first kappa shape index (κ1) is 21.7. The van der Waals surface area contributed by atoms with Crippen molar-refractivity contribution < 1.29 is 28.5 Å². The minimum absolute atomic E-state index is 0.362. The molecule has 9 heteroatoms. The van der Waals surface area contributed by atoms with Gasteiger partial charge in [0, 0.05) is 38.9 Å². The zero-order valence-electron chi connectivity index (χ0n) is 19.1. The number of nitrogens with one attached hydrogen (secondary N) is 1. The molecule has 2 spiro atoms. The Morgan fingerprint density at radius 3 is 2.27 bits per heavy atom. The standard InChI is InChI=1S/C24H33N3O6/c1-27-14-8-9-16(27)15-25-26-21(28)19-17-18(31-23(30-17)10-4-2-5-11-23)20-22(29-19)33-24(32-20)12-6-3-7-13-24/h8-9,14-15,17-20,22H,2-7,10-13H2,1H3,(H,26,28)/b25-15+/t17-,18+,19-,20-,22-/m1/s1. The van der Waals surface area contributed by atoms with E-state index in [-0.39, 0.29) is 5.91 Å². The lowest BCUT2D eigenvalue weighted by Crippen LogP contribution is -2.59. The Morgan fingerprint density at radius 1 is 0.970 bits per heavy atom. The summed E-state index contributed by atoms with van der Waals surface area (Å²) in [6.45, 7) is 0. The Morgan fingerprint density at radius 2 is 1.61 bits per heavy atom. The number of hydrazone groups is 1. The molecule has 5 atom stereocenters. The molecule has 3 saturated heterocycles. The summed E-state index contributed by atoms with van der Waals surface area (Å²) in [5.41, 5.74) is 3.51. The topological polar surface area (TPSA) is 92.5 Å². The highest BCUT2D eigenvalue weighted by Gasteiger charge is 2.65. The lowest BCUT2D eigenvalue weighted by atomic mass is 9.94. The minimum Gasteiger partial charge on any atom is -0.350 e. The maximum Gasteiger partial charge on any atom is 0.272 e. The van der Waals surface area contributed by atoms with E-state index in [1.807, 2.05) is 29.9 Å². The van der Waals surface area contributed by atoms with Gasteiger partial charge >= 0.3 is 0 Å². The number of hydrogen-bond donors (Lipinski definition) is 1. The number of fused-ring (bicyclic) bond motifs is 3. The summed E-state index contributed by atoms with van der Waals surface area (Å²) >= 11 is 0. The van der Waals surface area contributed by atoms with E-state index in [9.17, 15) is 4.79 Å². The highest BCUT2D eigenvalue weighted by Crippen LogP contribution is 2.50. The number of carbonyl (C=O) groups is 1. The molecule has 2 aliphatic carbocycles. The highest BCUT2D eigenvalue weighted by molar-refractivity contribution is 5.84. The fourth-order valence-corrected chi connectivity index (χ4v) is 6.00. The van der Waals surface area contributed by atoms with E-state index < -0.39 is 42.3 Å². The molecule has 2 saturated carbocycles. The second kappa shape index (κ2) is 8.46. The van der Waals surface area contributed by atoms with Crippen LogP contribution < -0.4 is 5.43 Å². The van der Waals surface area contributed by atoms with Crippen molar-refractivity contribution in [3.8, 4) is 0 Å². The summed E-state index contributed by atoms with van der Waals surface area (Å²) in [6.07, 6.45) is 10.5. The van der Waals surface area contributed by atoms with Crippen LogP contribution in [0.15, 0.2) is 23.4 Å². The third kappa shape index (κ3) is 3.93. The van der Waals surface area contributed by atoms with Gasteiger partial charge in [-0.3, -0.25) is 4.79 Å². The largest absolute Gasteiger partial charge is 0.350 e. The molecular formula is C24H33N3O6. The van der Waals surface area contributed by atoms with Crippen LogP contribution in [0.2, 0.25) is 0 Å². The Balaban J connectivity index is 1.23. The van der Waals surface area contributed by atoms with Crippen molar-refractivity contribution in [1.29, 1.82) is 0 Å². The number of hydrogen-bond acceptors (Lipinski definition) is 7. The van der Waals surface area contributed by atoms with E-state index in [4.69, 9.17) is 23.7 Å². The Hall–Kier alpha value is -1.78. The maximum absolute atomic E-state index is 13.2. The van der Waals surface area contributed by atoms with Crippen LogP contribution in [0.4, 0.5) is 0 Å². The van der Waals surface area contributed by atoms with Gasteiger partial charge in [0.2, 0.25) is 0 Å². The van der Waals surface area contributed by atoms with Crippen LogP contribution in [0.3, 0.4) is 0 Å². The van der Waals surface area contributed by atoms with Gasteiger partial charge in [-0.1, -0.05) is 12.8 Å². The average molecular weight is 460 g/mol. The molecule has 0 radical (unpaired) electrons. The first-order valence-electron chi connectivity index (χ1n) is 12.4. The van der Waals surface area contributed by atoms with Gasteiger partial charge in [-0.05, 0) is 37.8 Å². The third-order valence-corrected chi connectivity index (χ3v) is 7.72. The van der Waals surface area contributed by atoms with Crippen LogP contribution in [-0.4, -0.2) is 59.0 Å². The van der Waals surface area contributed by atoms with Crippen molar-refractivity contribution in [3.05, 3.63) is 24.0 Å². The van der Waals surface area contributed by atoms with Crippen LogP contribution in [-0.2, 0) is 35.5 Å². The zero-order chi connectivity index (χ0) is 22.5. The number of ether oxygens (including phenoxy) is 5. The predicted octanol–water partition coefficient (Wildman–Crippen LogP) is 2.72. The molecular weight excluding hydrogens is 426 g/mol. The van der Waals surface area contributed by atoms with E-state index in [1.165, 1.54) is 12.8 Å². The molecule has 1 aromatic rings. The number of aryl methyl sites for hydroxylation is 1. The van der Waals surface area contributed by atoms with Crippen molar-refractivity contribution in [2.45, 2.75) is 106 Å². The molecule has 5 fully saturated rings. The van der Waals surface area contributed by atoms with Gasteiger partial charge in [0.15, 0.2) is 24.0 Å². The van der Waals surface area contributed by atoms with Gasteiger partial charge in [0.25, 0.3) is 5.91 Å². The van der Waals surface area contributed by atoms with E-state index in [0.717, 1.165) is 57.1 Å². The van der Waals surface area contributed by atoms with Crippen LogP contribution in [0.5, 0.6) is 0 Å². The van der Waals surface area contributed by atoms with Crippen LogP contribution in [0.1, 0.15) is 69.9 Å². The fraction of sp³-hybridized carbons (Fsp3) is 0.750. The quantitative estimate of drug-likeness (QED) is 0.552. The summed E-state index contributed by atoms with van der Waals surface area (Å²) in [7, 11) is 1.92. The Labute approximate surface area is 193 Å². The molecule has 4 heterocycles. The lowest BCUT2D eigenvalue weighted by Gasteiger charge is -2.36. The van der Waals surface area contributed by atoms with Gasteiger partial charge in [-0.15, -0.1) is 0 Å². The molecule has 180 valence electrons. The number of amides is 1. The smallest absolute Gasteiger partial charge is 0.272 e. The van der Waals surface area contributed by atoms with Crippen molar-refractivity contribution in [2.24, 2.45) is 12.1 Å². The van der Waals surface area contributed by atoms with Gasteiger partial charge in [0.1, 0.15) is 18.3 Å². The minimum atomic E-state index is -0.884. The van der Waals surface area contributed by atoms with E-state index in [2.05, 4.69) is 10.5 Å². The lowest BCUT2D eigenvalue weighted by molar-refractivity contribution is -0.247. The molecule has 1 aromatic heterocycles. The molecule has 1 amide bonds. The van der Waals surface area contributed by atoms with Crippen LogP contribution in [0, 0.1) is 0 Å². The van der Waals surface area contributed by atoms with E-state index in [0.29, 0.717) is 0 Å². The molecule has 9 nitrogen and oxygen atoms in total. The summed E-state index contributed by atoms with van der Waals surface area (Å²) in [4.78, 5) is 13.2. The number of aromatic nitrogens is 1. The molecule has 0 aromatic carbocycles. The predicted molar refractivity (Wildman–Crippen MR) is 117 cm³/mol. The van der Waals surface area contributed by atoms with Crippen LogP contribution >= 0.6 is 0 Å². The summed E-state index contributed by atoms with van der Waals surface area (Å²) in [5, 5.41) is 4.14. The first-order chi connectivity index (χ1) is 16.1. The normalized spacial score (nSPS) is 36.8.